The van der Waals surface area contributed by atoms with Gasteiger partial charge in [-0.2, -0.15) is 5.10 Å². The SMILES string of the molecule is Cc1cc(C)n(C[C@H](C)C(=O)Nc2ccccn2)n1. The highest BCUT2D eigenvalue weighted by atomic mass is 16.1. The molecule has 0 aliphatic rings. The second-order valence-electron chi connectivity index (χ2n) is 4.71. The number of hydrogen-bond acceptors (Lipinski definition) is 3. The fourth-order valence-electron chi connectivity index (χ4n) is 1.89. The predicted octanol–water partition coefficient (Wildman–Crippen LogP) is 2.17. The maximum Gasteiger partial charge on any atom is 0.230 e. The van der Waals surface area contributed by atoms with Crippen LogP contribution in [-0.2, 0) is 11.3 Å². The van der Waals surface area contributed by atoms with Crippen molar-refractivity contribution in [3.05, 3.63) is 41.9 Å². The van der Waals surface area contributed by atoms with Gasteiger partial charge < -0.3 is 5.32 Å². The van der Waals surface area contributed by atoms with Crippen molar-refractivity contribution in [1.82, 2.24) is 14.8 Å². The topological polar surface area (TPSA) is 59.8 Å². The molecule has 1 amide bonds. The summed E-state index contributed by atoms with van der Waals surface area (Å²) < 4.78 is 1.86. The van der Waals surface area contributed by atoms with Gasteiger partial charge in [0.25, 0.3) is 0 Å². The van der Waals surface area contributed by atoms with Crippen molar-refractivity contribution in [2.24, 2.45) is 5.92 Å². The molecule has 0 aliphatic heterocycles. The first-order chi connectivity index (χ1) is 9.06. The highest BCUT2D eigenvalue weighted by Gasteiger charge is 2.15. The second kappa shape index (κ2) is 5.65. The number of aromatic nitrogens is 3. The van der Waals surface area contributed by atoms with E-state index in [4.69, 9.17) is 0 Å². The summed E-state index contributed by atoms with van der Waals surface area (Å²) in [6, 6.07) is 7.43. The molecular formula is C14H18N4O. The number of carbonyl (C=O) groups is 1. The van der Waals surface area contributed by atoms with E-state index in [0.29, 0.717) is 12.4 Å². The van der Waals surface area contributed by atoms with Gasteiger partial charge in [0.05, 0.1) is 18.2 Å². The molecule has 19 heavy (non-hydrogen) atoms. The maximum absolute atomic E-state index is 12.0. The fourth-order valence-corrected chi connectivity index (χ4v) is 1.89. The van der Waals surface area contributed by atoms with Gasteiger partial charge in [0, 0.05) is 11.9 Å². The summed E-state index contributed by atoms with van der Waals surface area (Å²) in [4.78, 5) is 16.1. The van der Waals surface area contributed by atoms with Crippen molar-refractivity contribution in [2.75, 3.05) is 5.32 Å². The Morgan fingerprint density at radius 1 is 1.42 bits per heavy atom. The lowest BCUT2D eigenvalue weighted by atomic mass is 10.1. The fraction of sp³-hybridized carbons (Fsp3) is 0.357. The van der Waals surface area contributed by atoms with E-state index in [1.165, 1.54) is 0 Å². The first-order valence-electron chi connectivity index (χ1n) is 6.29. The molecule has 2 aromatic rings. The van der Waals surface area contributed by atoms with Crippen molar-refractivity contribution >= 4 is 11.7 Å². The van der Waals surface area contributed by atoms with E-state index in [9.17, 15) is 4.79 Å². The van der Waals surface area contributed by atoms with Crippen molar-refractivity contribution in [3.8, 4) is 0 Å². The van der Waals surface area contributed by atoms with E-state index in [0.717, 1.165) is 11.4 Å². The second-order valence-corrected chi connectivity index (χ2v) is 4.71. The molecule has 0 saturated carbocycles. The van der Waals surface area contributed by atoms with Crippen LogP contribution in [0.25, 0.3) is 0 Å². The smallest absolute Gasteiger partial charge is 0.230 e. The molecular weight excluding hydrogens is 240 g/mol. The quantitative estimate of drug-likeness (QED) is 0.914. The van der Waals surface area contributed by atoms with Crippen LogP contribution < -0.4 is 5.32 Å². The summed E-state index contributed by atoms with van der Waals surface area (Å²) in [7, 11) is 0. The molecule has 0 saturated heterocycles. The Bertz CT molecular complexity index is 562. The summed E-state index contributed by atoms with van der Waals surface area (Å²) in [5, 5.41) is 7.16. The van der Waals surface area contributed by atoms with E-state index in [-0.39, 0.29) is 11.8 Å². The molecule has 100 valence electrons. The van der Waals surface area contributed by atoms with Crippen LogP contribution in [0.5, 0.6) is 0 Å². The minimum atomic E-state index is -0.167. The summed E-state index contributed by atoms with van der Waals surface area (Å²) >= 11 is 0. The predicted molar refractivity (Wildman–Crippen MR) is 73.7 cm³/mol. The normalized spacial score (nSPS) is 12.2. The third-order valence-corrected chi connectivity index (χ3v) is 2.91. The van der Waals surface area contributed by atoms with E-state index in [2.05, 4.69) is 15.4 Å². The minimum Gasteiger partial charge on any atom is -0.310 e. The van der Waals surface area contributed by atoms with Crippen LogP contribution in [0.3, 0.4) is 0 Å². The van der Waals surface area contributed by atoms with Crippen molar-refractivity contribution in [1.29, 1.82) is 0 Å². The Hall–Kier alpha value is -2.17. The van der Waals surface area contributed by atoms with Gasteiger partial charge in [0.2, 0.25) is 5.91 Å². The zero-order chi connectivity index (χ0) is 13.8. The monoisotopic (exact) mass is 258 g/mol. The molecule has 1 N–H and O–H groups in total. The van der Waals surface area contributed by atoms with E-state index >= 15 is 0 Å². The molecule has 0 bridgehead atoms. The molecule has 5 nitrogen and oxygen atoms in total. The summed E-state index contributed by atoms with van der Waals surface area (Å²) in [6.07, 6.45) is 1.65. The highest BCUT2D eigenvalue weighted by molar-refractivity contribution is 5.91. The van der Waals surface area contributed by atoms with Crippen LogP contribution in [0.1, 0.15) is 18.3 Å². The molecule has 5 heteroatoms. The van der Waals surface area contributed by atoms with Crippen LogP contribution in [0.4, 0.5) is 5.82 Å². The zero-order valence-electron chi connectivity index (χ0n) is 11.4. The molecule has 0 radical (unpaired) electrons. The van der Waals surface area contributed by atoms with Crippen LogP contribution in [0.15, 0.2) is 30.5 Å². The molecule has 0 aliphatic carbocycles. The molecule has 0 aromatic carbocycles. The Morgan fingerprint density at radius 2 is 2.21 bits per heavy atom. The lowest BCUT2D eigenvalue weighted by Gasteiger charge is -2.12. The number of anilines is 1. The van der Waals surface area contributed by atoms with E-state index < -0.39 is 0 Å². The molecule has 2 heterocycles. The molecule has 0 spiro atoms. The number of rotatable bonds is 4. The number of amides is 1. The third kappa shape index (κ3) is 3.40. The van der Waals surface area contributed by atoms with Crippen molar-refractivity contribution < 1.29 is 4.79 Å². The van der Waals surface area contributed by atoms with E-state index in [1.807, 2.05) is 43.7 Å². The van der Waals surface area contributed by atoms with Gasteiger partial charge >= 0.3 is 0 Å². The first-order valence-corrected chi connectivity index (χ1v) is 6.29. The van der Waals surface area contributed by atoms with Gasteiger partial charge in [-0.05, 0) is 32.0 Å². The molecule has 2 aromatic heterocycles. The molecule has 0 fully saturated rings. The highest BCUT2D eigenvalue weighted by Crippen LogP contribution is 2.09. The molecule has 0 unspecified atom stereocenters. The average Bonchev–Trinajstić information content (AvgIpc) is 2.69. The Balaban J connectivity index is 1.98. The van der Waals surface area contributed by atoms with Crippen molar-refractivity contribution in [3.63, 3.8) is 0 Å². The van der Waals surface area contributed by atoms with Gasteiger partial charge in [-0.15, -0.1) is 0 Å². The summed E-state index contributed by atoms with van der Waals surface area (Å²) in [6.45, 7) is 6.39. The number of hydrogen-bond donors (Lipinski definition) is 1. The van der Waals surface area contributed by atoms with Gasteiger partial charge in [0.1, 0.15) is 5.82 Å². The Kier molecular flexibility index (Phi) is 3.94. The lowest BCUT2D eigenvalue weighted by Crippen LogP contribution is -2.25. The number of carbonyl (C=O) groups excluding carboxylic acids is 1. The Morgan fingerprint density at radius 3 is 2.79 bits per heavy atom. The first kappa shape index (κ1) is 13.3. The van der Waals surface area contributed by atoms with E-state index in [1.54, 1.807) is 12.3 Å². The van der Waals surface area contributed by atoms with Gasteiger partial charge in [-0.25, -0.2) is 4.98 Å². The minimum absolute atomic E-state index is 0.0498. The van der Waals surface area contributed by atoms with Crippen molar-refractivity contribution in [2.45, 2.75) is 27.3 Å². The third-order valence-electron chi connectivity index (χ3n) is 2.91. The molecule has 1 atom stereocenters. The number of nitrogens with one attached hydrogen (secondary N) is 1. The largest absolute Gasteiger partial charge is 0.310 e. The van der Waals surface area contributed by atoms with Crippen LogP contribution in [0.2, 0.25) is 0 Å². The Labute approximate surface area is 112 Å². The summed E-state index contributed by atoms with van der Waals surface area (Å²) in [5.74, 6) is 0.360. The van der Waals surface area contributed by atoms with Gasteiger partial charge in [-0.1, -0.05) is 13.0 Å². The number of nitrogens with zero attached hydrogens (tertiary/aromatic N) is 3. The standard InChI is InChI=1S/C14H18N4O/c1-10(9-18-12(3)8-11(2)17-18)14(19)16-13-6-4-5-7-15-13/h4-8,10H,9H2,1-3H3,(H,15,16,19)/t10-/m0/s1. The van der Waals surface area contributed by atoms with Crippen LogP contribution in [0, 0.1) is 19.8 Å². The van der Waals surface area contributed by atoms with Gasteiger partial charge in [0.15, 0.2) is 0 Å². The number of pyridine rings is 1. The lowest BCUT2D eigenvalue weighted by molar-refractivity contribution is -0.119. The van der Waals surface area contributed by atoms with Crippen LogP contribution >= 0.6 is 0 Å². The maximum atomic E-state index is 12.0. The number of aryl methyl sites for hydroxylation is 2. The van der Waals surface area contributed by atoms with Crippen LogP contribution in [-0.4, -0.2) is 20.7 Å². The summed E-state index contributed by atoms with van der Waals surface area (Å²) in [5.41, 5.74) is 2.03. The average molecular weight is 258 g/mol. The molecule has 2 rings (SSSR count). The zero-order valence-corrected chi connectivity index (χ0v) is 11.4. The van der Waals surface area contributed by atoms with Gasteiger partial charge in [-0.3, -0.25) is 9.48 Å².